The number of anilines is 1. The minimum absolute atomic E-state index is 0.264. The summed E-state index contributed by atoms with van der Waals surface area (Å²) in [6.45, 7) is 1.60. The quantitative estimate of drug-likeness (QED) is 0.668. The molecular formula is C21H23NO4S. The highest BCUT2D eigenvalue weighted by molar-refractivity contribution is 8.00. The van der Waals surface area contributed by atoms with Crippen molar-refractivity contribution >= 4 is 29.3 Å². The summed E-state index contributed by atoms with van der Waals surface area (Å²) >= 11 is 1.16. The van der Waals surface area contributed by atoms with Crippen LogP contribution in [-0.2, 0) is 4.79 Å². The Morgan fingerprint density at radius 2 is 1.78 bits per heavy atom. The van der Waals surface area contributed by atoms with Crippen molar-refractivity contribution in [2.24, 2.45) is 0 Å². The number of carbonyl (C=O) groups excluding carboxylic acids is 1. The first-order chi connectivity index (χ1) is 13.0. The molecule has 1 amide bonds. The minimum atomic E-state index is -0.909. The molecule has 0 saturated heterocycles. The maximum atomic E-state index is 12.6. The SMILES string of the molecule is CC(Sc1ccccc1C(=O)Nc1ccc(OC2CCCC2)cc1)C(=O)O. The molecule has 1 unspecified atom stereocenters. The average molecular weight is 385 g/mol. The Kier molecular flexibility index (Phi) is 6.40. The summed E-state index contributed by atoms with van der Waals surface area (Å²) in [5, 5.41) is 11.3. The number of hydrogen-bond donors (Lipinski definition) is 2. The van der Waals surface area contributed by atoms with Gasteiger partial charge in [-0.2, -0.15) is 0 Å². The second kappa shape index (κ2) is 8.95. The lowest BCUT2D eigenvalue weighted by molar-refractivity contribution is -0.136. The van der Waals surface area contributed by atoms with E-state index in [4.69, 9.17) is 9.84 Å². The summed E-state index contributed by atoms with van der Waals surface area (Å²) in [7, 11) is 0. The van der Waals surface area contributed by atoms with Crippen LogP contribution < -0.4 is 10.1 Å². The topological polar surface area (TPSA) is 75.6 Å². The Hall–Kier alpha value is -2.47. The summed E-state index contributed by atoms with van der Waals surface area (Å²) in [5.74, 6) is -0.362. The van der Waals surface area contributed by atoms with Crippen LogP contribution in [0.2, 0.25) is 0 Å². The predicted octanol–water partition coefficient (Wildman–Crippen LogP) is 4.83. The summed E-state index contributed by atoms with van der Waals surface area (Å²) in [4.78, 5) is 24.4. The number of ether oxygens (including phenoxy) is 1. The summed E-state index contributed by atoms with van der Waals surface area (Å²) in [6.07, 6.45) is 4.93. The molecule has 3 rings (SSSR count). The van der Waals surface area contributed by atoms with Gasteiger partial charge in [0.2, 0.25) is 0 Å². The highest BCUT2D eigenvalue weighted by Gasteiger charge is 2.18. The first kappa shape index (κ1) is 19.3. The molecule has 0 heterocycles. The van der Waals surface area contributed by atoms with Gasteiger partial charge in [-0.1, -0.05) is 12.1 Å². The Labute approximate surface area is 163 Å². The second-order valence-corrected chi connectivity index (χ2v) is 7.98. The van der Waals surface area contributed by atoms with Crippen LogP contribution in [0.3, 0.4) is 0 Å². The van der Waals surface area contributed by atoms with Gasteiger partial charge in [-0.3, -0.25) is 9.59 Å². The maximum Gasteiger partial charge on any atom is 0.316 e. The number of aliphatic carboxylic acids is 1. The van der Waals surface area contributed by atoms with E-state index >= 15 is 0 Å². The molecule has 0 radical (unpaired) electrons. The molecule has 1 aliphatic rings. The van der Waals surface area contributed by atoms with E-state index in [-0.39, 0.29) is 5.91 Å². The van der Waals surface area contributed by atoms with Gasteiger partial charge in [-0.25, -0.2) is 0 Å². The molecule has 2 N–H and O–H groups in total. The Morgan fingerprint density at radius 1 is 1.11 bits per heavy atom. The maximum absolute atomic E-state index is 12.6. The number of rotatable bonds is 7. The lowest BCUT2D eigenvalue weighted by atomic mass is 10.2. The van der Waals surface area contributed by atoms with Crippen LogP contribution in [0.25, 0.3) is 0 Å². The molecule has 6 heteroatoms. The number of nitrogens with one attached hydrogen (secondary N) is 1. The number of carboxylic acid groups (broad SMARTS) is 1. The molecule has 0 spiro atoms. The highest BCUT2D eigenvalue weighted by Crippen LogP contribution is 2.28. The van der Waals surface area contributed by atoms with E-state index in [0.717, 1.165) is 30.4 Å². The molecule has 2 aromatic rings. The van der Waals surface area contributed by atoms with E-state index in [2.05, 4.69) is 5.32 Å². The summed E-state index contributed by atoms with van der Waals surface area (Å²) in [6, 6.07) is 14.4. The van der Waals surface area contributed by atoms with E-state index in [1.54, 1.807) is 31.2 Å². The molecule has 142 valence electrons. The Morgan fingerprint density at radius 3 is 2.44 bits per heavy atom. The van der Waals surface area contributed by atoms with Crippen molar-refractivity contribution in [1.82, 2.24) is 0 Å². The third kappa shape index (κ3) is 5.26. The minimum Gasteiger partial charge on any atom is -0.490 e. The van der Waals surface area contributed by atoms with Gasteiger partial charge in [-0.15, -0.1) is 11.8 Å². The van der Waals surface area contributed by atoms with E-state index < -0.39 is 11.2 Å². The molecule has 0 aliphatic heterocycles. The fourth-order valence-electron chi connectivity index (χ4n) is 3.01. The van der Waals surface area contributed by atoms with Crippen LogP contribution in [0.4, 0.5) is 5.69 Å². The average Bonchev–Trinajstić information content (AvgIpc) is 3.16. The fraction of sp³-hybridized carbons (Fsp3) is 0.333. The lowest BCUT2D eigenvalue weighted by Crippen LogP contribution is -2.15. The number of carboxylic acids is 1. The molecule has 1 fully saturated rings. The van der Waals surface area contributed by atoms with Gasteiger partial charge in [0.05, 0.1) is 11.7 Å². The first-order valence-corrected chi connectivity index (χ1v) is 9.97. The van der Waals surface area contributed by atoms with E-state index in [9.17, 15) is 9.59 Å². The molecule has 0 bridgehead atoms. The Balaban J connectivity index is 1.65. The van der Waals surface area contributed by atoms with Gasteiger partial charge in [0.1, 0.15) is 11.0 Å². The molecule has 1 aliphatic carbocycles. The van der Waals surface area contributed by atoms with Crippen molar-refractivity contribution in [3.8, 4) is 5.75 Å². The van der Waals surface area contributed by atoms with Crippen molar-refractivity contribution in [3.63, 3.8) is 0 Å². The molecule has 1 saturated carbocycles. The van der Waals surface area contributed by atoms with E-state index in [0.29, 0.717) is 22.3 Å². The summed E-state index contributed by atoms with van der Waals surface area (Å²) < 4.78 is 5.93. The zero-order valence-electron chi connectivity index (χ0n) is 15.2. The first-order valence-electron chi connectivity index (χ1n) is 9.09. The van der Waals surface area contributed by atoms with E-state index in [1.165, 1.54) is 12.8 Å². The largest absolute Gasteiger partial charge is 0.490 e. The zero-order chi connectivity index (χ0) is 19.2. The summed E-state index contributed by atoms with van der Waals surface area (Å²) in [5.41, 5.74) is 1.13. The molecule has 1 atom stereocenters. The zero-order valence-corrected chi connectivity index (χ0v) is 16.0. The monoisotopic (exact) mass is 385 g/mol. The molecule has 5 nitrogen and oxygen atoms in total. The second-order valence-electron chi connectivity index (χ2n) is 6.60. The van der Waals surface area contributed by atoms with Crippen molar-refractivity contribution in [3.05, 3.63) is 54.1 Å². The smallest absolute Gasteiger partial charge is 0.316 e. The normalized spacial score (nSPS) is 15.3. The van der Waals surface area contributed by atoms with Crippen LogP contribution in [0.15, 0.2) is 53.4 Å². The number of amides is 1. The van der Waals surface area contributed by atoms with Gasteiger partial charge < -0.3 is 15.2 Å². The van der Waals surface area contributed by atoms with Crippen LogP contribution in [0.1, 0.15) is 43.0 Å². The van der Waals surface area contributed by atoms with Crippen LogP contribution in [-0.4, -0.2) is 28.3 Å². The van der Waals surface area contributed by atoms with Crippen LogP contribution in [0.5, 0.6) is 5.75 Å². The van der Waals surface area contributed by atoms with Gasteiger partial charge in [0, 0.05) is 10.6 Å². The van der Waals surface area contributed by atoms with Crippen LogP contribution >= 0.6 is 11.8 Å². The van der Waals surface area contributed by atoms with Crippen molar-refractivity contribution in [1.29, 1.82) is 0 Å². The van der Waals surface area contributed by atoms with Crippen LogP contribution in [0, 0.1) is 0 Å². The lowest BCUT2D eigenvalue weighted by Gasteiger charge is -2.14. The van der Waals surface area contributed by atoms with Gasteiger partial charge in [0.15, 0.2) is 0 Å². The molecule has 27 heavy (non-hydrogen) atoms. The number of hydrogen-bond acceptors (Lipinski definition) is 4. The van der Waals surface area contributed by atoms with Crippen molar-refractivity contribution in [2.75, 3.05) is 5.32 Å². The fourth-order valence-corrected chi connectivity index (χ4v) is 3.94. The predicted molar refractivity (Wildman–Crippen MR) is 107 cm³/mol. The molecular weight excluding hydrogens is 362 g/mol. The van der Waals surface area contributed by atoms with E-state index in [1.807, 2.05) is 24.3 Å². The number of benzene rings is 2. The highest BCUT2D eigenvalue weighted by atomic mass is 32.2. The third-order valence-electron chi connectivity index (χ3n) is 4.50. The van der Waals surface area contributed by atoms with Crippen molar-refractivity contribution in [2.45, 2.75) is 48.9 Å². The number of thioether (sulfide) groups is 1. The van der Waals surface area contributed by atoms with Gasteiger partial charge in [-0.05, 0) is 69.0 Å². The third-order valence-corrected chi connectivity index (χ3v) is 5.67. The standard InChI is InChI=1S/C21H23NO4S/c1-14(21(24)25)27-19-9-5-4-8-18(19)20(23)22-15-10-12-17(13-11-15)26-16-6-2-3-7-16/h4-5,8-14,16H,2-3,6-7H2,1H3,(H,22,23)(H,24,25). The van der Waals surface area contributed by atoms with Crippen molar-refractivity contribution < 1.29 is 19.4 Å². The Bertz CT molecular complexity index is 800. The molecule has 2 aromatic carbocycles. The number of carbonyl (C=O) groups is 2. The molecule has 0 aromatic heterocycles. The van der Waals surface area contributed by atoms with Gasteiger partial charge in [0.25, 0.3) is 5.91 Å². The van der Waals surface area contributed by atoms with Gasteiger partial charge >= 0.3 is 5.97 Å².